The van der Waals surface area contributed by atoms with Crippen LogP contribution >= 0.6 is 0 Å². The summed E-state index contributed by atoms with van der Waals surface area (Å²) >= 11 is 0. The molecule has 6 nitrogen and oxygen atoms in total. The lowest BCUT2D eigenvalue weighted by Gasteiger charge is -2.43. The lowest BCUT2D eigenvalue weighted by molar-refractivity contribution is -0.384. The number of nitro groups is 1. The average Bonchev–Trinajstić information content (AvgIpc) is 2.50. The van der Waals surface area contributed by atoms with Crippen molar-refractivity contribution in [2.24, 2.45) is 0 Å². The number of hydrogen-bond donors (Lipinski definition) is 0. The van der Waals surface area contributed by atoms with E-state index in [2.05, 4.69) is 30.6 Å². The summed E-state index contributed by atoms with van der Waals surface area (Å²) in [7, 11) is 0. The van der Waals surface area contributed by atoms with Gasteiger partial charge in [0.2, 0.25) is 0 Å². The highest BCUT2D eigenvalue weighted by atomic mass is 16.6. The van der Waals surface area contributed by atoms with Gasteiger partial charge in [-0.1, -0.05) is 6.92 Å². The molecule has 122 valence electrons. The minimum atomic E-state index is -0.403. The number of nitrogens with zero attached hydrogens (tertiary/aromatic N) is 3. The molecule has 0 spiro atoms. The first-order valence-corrected chi connectivity index (χ1v) is 7.86. The number of piperazine rings is 1. The van der Waals surface area contributed by atoms with Crippen molar-refractivity contribution in [3.63, 3.8) is 0 Å². The maximum Gasteiger partial charge on any atom is 0.269 e. The predicted octanol–water partition coefficient (Wildman–Crippen LogP) is 2.39. The zero-order chi connectivity index (χ0) is 16.1. The van der Waals surface area contributed by atoms with Crippen LogP contribution in [0.25, 0.3) is 0 Å². The van der Waals surface area contributed by atoms with Gasteiger partial charge >= 0.3 is 0 Å². The molecule has 1 aliphatic rings. The fourth-order valence-corrected chi connectivity index (χ4v) is 2.97. The quantitative estimate of drug-likeness (QED) is 0.596. The highest BCUT2D eigenvalue weighted by Gasteiger charge is 2.27. The second kappa shape index (κ2) is 7.56. The first-order valence-electron chi connectivity index (χ1n) is 7.86. The summed E-state index contributed by atoms with van der Waals surface area (Å²) < 4.78 is 5.70. The van der Waals surface area contributed by atoms with Crippen LogP contribution in [0.4, 0.5) is 5.69 Å². The van der Waals surface area contributed by atoms with Crippen LogP contribution in [0.5, 0.6) is 5.75 Å². The van der Waals surface area contributed by atoms with Crippen LogP contribution in [0.3, 0.4) is 0 Å². The number of benzene rings is 1. The Hall–Kier alpha value is -1.66. The molecule has 0 radical (unpaired) electrons. The molecule has 0 amide bonds. The molecule has 0 bridgehead atoms. The van der Waals surface area contributed by atoms with Gasteiger partial charge in [0.15, 0.2) is 0 Å². The molecule has 0 saturated carbocycles. The maximum atomic E-state index is 10.6. The van der Waals surface area contributed by atoms with E-state index < -0.39 is 4.92 Å². The summed E-state index contributed by atoms with van der Waals surface area (Å²) in [4.78, 5) is 15.1. The topological polar surface area (TPSA) is 58.8 Å². The molecule has 0 N–H and O–H groups in total. The molecule has 1 aromatic carbocycles. The molecule has 1 saturated heterocycles. The van der Waals surface area contributed by atoms with Gasteiger partial charge in [-0.2, -0.15) is 0 Å². The van der Waals surface area contributed by atoms with Crippen LogP contribution in [0, 0.1) is 10.1 Å². The third kappa shape index (κ3) is 4.18. The van der Waals surface area contributed by atoms with Crippen molar-refractivity contribution in [3.8, 4) is 5.75 Å². The summed E-state index contributed by atoms with van der Waals surface area (Å²) in [6.07, 6.45) is 0. The van der Waals surface area contributed by atoms with E-state index in [1.54, 1.807) is 12.1 Å². The van der Waals surface area contributed by atoms with Gasteiger partial charge in [-0.15, -0.1) is 0 Å². The van der Waals surface area contributed by atoms with Gasteiger partial charge in [-0.25, -0.2) is 0 Å². The third-order valence-electron chi connectivity index (χ3n) is 4.35. The van der Waals surface area contributed by atoms with Crippen molar-refractivity contribution in [2.75, 3.05) is 32.8 Å². The number of likely N-dealkylation sites (N-methyl/N-ethyl adjacent to an activating group) is 1. The van der Waals surface area contributed by atoms with Gasteiger partial charge in [-0.3, -0.25) is 19.9 Å². The molecular formula is C16H25N3O3. The fourth-order valence-electron chi connectivity index (χ4n) is 2.97. The molecule has 2 atom stereocenters. The molecule has 1 fully saturated rings. The fraction of sp³-hybridized carbons (Fsp3) is 0.625. The molecular weight excluding hydrogens is 282 g/mol. The van der Waals surface area contributed by atoms with E-state index in [0.29, 0.717) is 24.4 Å². The first kappa shape index (κ1) is 16.7. The summed E-state index contributed by atoms with van der Waals surface area (Å²) in [5.41, 5.74) is 0.0884. The Bertz CT molecular complexity index is 492. The predicted molar refractivity (Wildman–Crippen MR) is 86.3 cm³/mol. The van der Waals surface area contributed by atoms with Crippen molar-refractivity contribution in [1.82, 2.24) is 9.80 Å². The Kier molecular flexibility index (Phi) is 5.74. The van der Waals surface area contributed by atoms with E-state index in [4.69, 9.17) is 4.74 Å². The Labute approximate surface area is 131 Å². The lowest BCUT2D eigenvalue weighted by Crippen LogP contribution is -2.56. The van der Waals surface area contributed by atoms with Crippen molar-refractivity contribution in [1.29, 1.82) is 0 Å². The van der Waals surface area contributed by atoms with Crippen molar-refractivity contribution >= 4 is 5.69 Å². The maximum absolute atomic E-state index is 10.6. The van der Waals surface area contributed by atoms with E-state index in [9.17, 15) is 10.1 Å². The zero-order valence-electron chi connectivity index (χ0n) is 13.6. The van der Waals surface area contributed by atoms with Crippen LogP contribution in [0.1, 0.15) is 20.8 Å². The van der Waals surface area contributed by atoms with Gasteiger partial charge < -0.3 is 4.74 Å². The second-order valence-corrected chi connectivity index (χ2v) is 5.88. The number of nitro benzene ring substituents is 1. The highest BCUT2D eigenvalue weighted by molar-refractivity contribution is 5.35. The molecule has 2 rings (SSSR count). The van der Waals surface area contributed by atoms with Crippen LogP contribution in [-0.2, 0) is 0 Å². The molecule has 2 unspecified atom stereocenters. The third-order valence-corrected chi connectivity index (χ3v) is 4.35. The molecule has 6 heteroatoms. The second-order valence-electron chi connectivity index (χ2n) is 5.88. The largest absolute Gasteiger partial charge is 0.492 e. The zero-order valence-corrected chi connectivity index (χ0v) is 13.6. The number of hydrogen-bond acceptors (Lipinski definition) is 5. The van der Waals surface area contributed by atoms with Crippen LogP contribution in [0.15, 0.2) is 24.3 Å². The van der Waals surface area contributed by atoms with Crippen molar-refractivity contribution < 1.29 is 9.66 Å². The molecule has 1 aliphatic heterocycles. The molecule has 0 aliphatic carbocycles. The number of ether oxygens (including phenoxy) is 1. The Morgan fingerprint density at radius 2 is 1.77 bits per heavy atom. The average molecular weight is 307 g/mol. The van der Waals surface area contributed by atoms with Crippen LogP contribution < -0.4 is 4.74 Å². The standard InChI is InChI=1S/C16H25N3O3/c1-4-17-11-14(3)18(12-13(17)2)9-10-22-16-7-5-15(6-8-16)19(20)21/h5-8,13-14H,4,9-12H2,1-3H3. The van der Waals surface area contributed by atoms with Crippen molar-refractivity contribution in [2.45, 2.75) is 32.9 Å². The van der Waals surface area contributed by atoms with E-state index >= 15 is 0 Å². The SMILES string of the molecule is CCN1CC(C)N(CCOc2ccc([N+](=O)[O-])cc2)CC1C. The van der Waals surface area contributed by atoms with Crippen molar-refractivity contribution in [3.05, 3.63) is 34.4 Å². The number of rotatable bonds is 6. The smallest absolute Gasteiger partial charge is 0.269 e. The molecule has 0 aromatic heterocycles. The molecule has 1 aromatic rings. The minimum Gasteiger partial charge on any atom is -0.492 e. The van der Waals surface area contributed by atoms with E-state index in [0.717, 1.165) is 26.2 Å². The number of non-ortho nitro benzene ring substituents is 1. The lowest BCUT2D eigenvalue weighted by atomic mass is 10.1. The summed E-state index contributed by atoms with van der Waals surface area (Å²) in [6.45, 7) is 11.4. The van der Waals surface area contributed by atoms with E-state index in [-0.39, 0.29) is 5.69 Å². The van der Waals surface area contributed by atoms with Crippen LogP contribution in [-0.4, -0.2) is 59.6 Å². The highest BCUT2D eigenvalue weighted by Crippen LogP contribution is 2.18. The normalized spacial score (nSPS) is 23.4. The first-order chi connectivity index (χ1) is 10.5. The monoisotopic (exact) mass is 307 g/mol. The summed E-state index contributed by atoms with van der Waals surface area (Å²) in [6, 6.07) is 7.34. The van der Waals surface area contributed by atoms with Gasteiger partial charge in [-0.05, 0) is 32.5 Å². The summed E-state index contributed by atoms with van der Waals surface area (Å²) in [5, 5.41) is 10.6. The minimum absolute atomic E-state index is 0.0884. The van der Waals surface area contributed by atoms with E-state index in [1.165, 1.54) is 12.1 Å². The van der Waals surface area contributed by atoms with Gasteiger partial charge in [0, 0.05) is 43.9 Å². The summed E-state index contributed by atoms with van der Waals surface area (Å²) in [5.74, 6) is 0.679. The Morgan fingerprint density at radius 1 is 1.18 bits per heavy atom. The van der Waals surface area contributed by atoms with Gasteiger partial charge in [0.1, 0.15) is 12.4 Å². The van der Waals surface area contributed by atoms with E-state index in [1.807, 2.05) is 0 Å². The Balaban J connectivity index is 1.79. The van der Waals surface area contributed by atoms with Gasteiger partial charge in [0.25, 0.3) is 5.69 Å². The van der Waals surface area contributed by atoms with Gasteiger partial charge in [0.05, 0.1) is 4.92 Å². The molecule has 22 heavy (non-hydrogen) atoms. The van der Waals surface area contributed by atoms with Crippen LogP contribution in [0.2, 0.25) is 0 Å². The Morgan fingerprint density at radius 3 is 2.36 bits per heavy atom. The molecule has 1 heterocycles.